The molecule has 0 aliphatic heterocycles. The summed E-state index contributed by atoms with van der Waals surface area (Å²) in [5.74, 6) is 1.15. The number of nitrogens with zero attached hydrogens (tertiary/aromatic N) is 2. The van der Waals surface area contributed by atoms with Crippen molar-refractivity contribution in [3.8, 4) is 11.3 Å². The van der Waals surface area contributed by atoms with Gasteiger partial charge in [0.1, 0.15) is 11.7 Å². The zero-order valence-corrected chi connectivity index (χ0v) is 12.7. The molecule has 0 bridgehead atoms. The van der Waals surface area contributed by atoms with Gasteiger partial charge < -0.3 is 0 Å². The molecule has 104 valence electrons. The summed E-state index contributed by atoms with van der Waals surface area (Å²) in [6, 6.07) is 11.2. The van der Waals surface area contributed by atoms with E-state index in [1.54, 1.807) is 0 Å². The van der Waals surface area contributed by atoms with E-state index in [1.165, 1.54) is 42.5 Å². The Labute approximate surface area is 121 Å². The molecule has 0 N–H and O–H groups in total. The number of aryl methyl sites for hydroxylation is 1. The van der Waals surface area contributed by atoms with Crippen LogP contribution >= 0.6 is 0 Å². The SMILES string of the molecule is Cc1c(-c2ccccc2)nc(C)[n+](C2CCCC2)c1C. The molecular formula is C18H23N2+. The molecule has 0 spiro atoms. The summed E-state index contributed by atoms with van der Waals surface area (Å²) < 4.78 is 2.47. The molecular weight excluding hydrogens is 244 g/mol. The lowest BCUT2D eigenvalue weighted by atomic mass is 10.0. The normalized spacial score (nSPS) is 15.8. The summed E-state index contributed by atoms with van der Waals surface area (Å²) in [4.78, 5) is 4.91. The molecule has 1 aromatic heterocycles. The fourth-order valence-corrected chi connectivity index (χ4v) is 3.47. The Kier molecular flexibility index (Phi) is 3.56. The fraction of sp³-hybridized carbons (Fsp3) is 0.444. The zero-order valence-electron chi connectivity index (χ0n) is 12.7. The second-order valence-electron chi connectivity index (χ2n) is 5.89. The third-order valence-electron chi connectivity index (χ3n) is 4.62. The lowest BCUT2D eigenvalue weighted by Gasteiger charge is -2.15. The third-order valence-corrected chi connectivity index (χ3v) is 4.62. The minimum absolute atomic E-state index is 0.658. The van der Waals surface area contributed by atoms with Crippen LogP contribution in [-0.2, 0) is 0 Å². The fourth-order valence-electron chi connectivity index (χ4n) is 3.47. The average Bonchev–Trinajstić information content (AvgIpc) is 2.98. The highest BCUT2D eigenvalue weighted by atomic mass is 15.1. The average molecular weight is 267 g/mol. The van der Waals surface area contributed by atoms with E-state index in [0.717, 1.165) is 11.5 Å². The summed E-state index contributed by atoms with van der Waals surface area (Å²) in [5.41, 5.74) is 5.04. The second-order valence-corrected chi connectivity index (χ2v) is 5.89. The quantitative estimate of drug-likeness (QED) is 0.749. The first kappa shape index (κ1) is 13.3. The van der Waals surface area contributed by atoms with Crippen molar-refractivity contribution < 1.29 is 4.57 Å². The van der Waals surface area contributed by atoms with Gasteiger partial charge in [-0.1, -0.05) is 30.3 Å². The van der Waals surface area contributed by atoms with Crippen LogP contribution < -0.4 is 4.57 Å². The Balaban J connectivity index is 2.12. The minimum atomic E-state index is 0.658. The van der Waals surface area contributed by atoms with E-state index in [0.29, 0.717) is 6.04 Å². The molecule has 0 unspecified atom stereocenters. The maximum Gasteiger partial charge on any atom is 0.296 e. The predicted molar refractivity (Wildman–Crippen MR) is 81.6 cm³/mol. The smallest absolute Gasteiger partial charge is 0.229 e. The van der Waals surface area contributed by atoms with E-state index >= 15 is 0 Å². The van der Waals surface area contributed by atoms with Crippen LogP contribution in [0.15, 0.2) is 30.3 Å². The van der Waals surface area contributed by atoms with E-state index in [2.05, 4.69) is 55.7 Å². The lowest BCUT2D eigenvalue weighted by molar-refractivity contribution is -0.735. The van der Waals surface area contributed by atoms with E-state index < -0.39 is 0 Å². The Morgan fingerprint density at radius 1 is 1.00 bits per heavy atom. The van der Waals surface area contributed by atoms with Crippen LogP contribution in [0.5, 0.6) is 0 Å². The van der Waals surface area contributed by atoms with E-state index in [-0.39, 0.29) is 0 Å². The van der Waals surface area contributed by atoms with Crippen LogP contribution in [-0.4, -0.2) is 4.98 Å². The predicted octanol–water partition coefficient (Wildman–Crippen LogP) is 4.08. The van der Waals surface area contributed by atoms with Crippen LogP contribution in [0.2, 0.25) is 0 Å². The van der Waals surface area contributed by atoms with Gasteiger partial charge >= 0.3 is 0 Å². The Morgan fingerprint density at radius 2 is 1.65 bits per heavy atom. The molecule has 2 aromatic rings. The van der Waals surface area contributed by atoms with Gasteiger partial charge in [-0.2, -0.15) is 0 Å². The van der Waals surface area contributed by atoms with E-state index in [9.17, 15) is 0 Å². The first-order chi connectivity index (χ1) is 9.68. The summed E-state index contributed by atoms with van der Waals surface area (Å²) in [6.07, 6.45) is 5.32. The maximum atomic E-state index is 4.91. The monoisotopic (exact) mass is 267 g/mol. The maximum absolute atomic E-state index is 4.91. The van der Waals surface area contributed by atoms with E-state index in [1.807, 2.05) is 0 Å². The van der Waals surface area contributed by atoms with Crippen molar-refractivity contribution in [2.45, 2.75) is 52.5 Å². The number of benzene rings is 1. The zero-order chi connectivity index (χ0) is 14.1. The molecule has 2 heteroatoms. The van der Waals surface area contributed by atoms with Crippen molar-refractivity contribution in [3.05, 3.63) is 47.4 Å². The second kappa shape index (κ2) is 5.35. The largest absolute Gasteiger partial charge is 0.296 e. The van der Waals surface area contributed by atoms with Crippen molar-refractivity contribution in [3.63, 3.8) is 0 Å². The minimum Gasteiger partial charge on any atom is -0.229 e. The molecule has 1 fully saturated rings. The number of hydrogen-bond donors (Lipinski definition) is 0. The molecule has 0 amide bonds. The molecule has 1 aliphatic carbocycles. The van der Waals surface area contributed by atoms with Gasteiger partial charge in [-0.3, -0.25) is 0 Å². The molecule has 3 rings (SSSR count). The van der Waals surface area contributed by atoms with Gasteiger partial charge in [-0.25, -0.2) is 4.57 Å². The van der Waals surface area contributed by atoms with Crippen molar-refractivity contribution in [2.24, 2.45) is 0 Å². The van der Waals surface area contributed by atoms with E-state index in [4.69, 9.17) is 4.98 Å². The number of rotatable bonds is 2. The first-order valence-electron chi connectivity index (χ1n) is 7.63. The summed E-state index contributed by atoms with van der Waals surface area (Å²) in [6.45, 7) is 6.60. The number of aromatic nitrogens is 2. The van der Waals surface area contributed by atoms with Crippen LogP contribution in [0.1, 0.15) is 48.8 Å². The molecule has 1 heterocycles. The highest BCUT2D eigenvalue weighted by Crippen LogP contribution is 2.28. The van der Waals surface area contributed by atoms with Gasteiger partial charge in [0, 0.05) is 18.1 Å². The van der Waals surface area contributed by atoms with Gasteiger partial charge in [-0.05, 0) is 44.5 Å². The molecule has 0 saturated heterocycles. The standard InChI is InChI=1S/C18H23N2/c1-13-14(2)20(17-11-7-8-12-17)15(3)19-18(13)16-9-5-4-6-10-16/h4-6,9-10,17H,7-8,11-12H2,1-3H3/q+1. The van der Waals surface area contributed by atoms with Gasteiger partial charge in [-0.15, -0.1) is 0 Å². The lowest BCUT2D eigenvalue weighted by Crippen LogP contribution is -2.45. The highest BCUT2D eigenvalue weighted by molar-refractivity contribution is 5.62. The molecule has 0 radical (unpaired) electrons. The molecule has 1 aliphatic rings. The van der Waals surface area contributed by atoms with Gasteiger partial charge in [0.25, 0.3) is 5.82 Å². The van der Waals surface area contributed by atoms with Crippen molar-refractivity contribution in [1.82, 2.24) is 4.98 Å². The van der Waals surface area contributed by atoms with Gasteiger partial charge in [0.2, 0.25) is 0 Å². The first-order valence-corrected chi connectivity index (χ1v) is 7.63. The summed E-state index contributed by atoms with van der Waals surface area (Å²) in [7, 11) is 0. The molecule has 1 aromatic carbocycles. The summed E-state index contributed by atoms with van der Waals surface area (Å²) >= 11 is 0. The van der Waals surface area contributed by atoms with Gasteiger partial charge in [0.15, 0.2) is 5.69 Å². The Hall–Kier alpha value is -1.70. The van der Waals surface area contributed by atoms with Crippen LogP contribution in [0.25, 0.3) is 11.3 Å². The highest BCUT2D eigenvalue weighted by Gasteiger charge is 2.28. The van der Waals surface area contributed by atoms with Crippen LogP contribution in [0.4, 0.5) is 0 Å². The summed E-state index contributed by atoms with van der Waals surface area (Å²) in [5, 5.41) is 0. The molecule has 20 heavy (non-hydrogen) atoms. The van der Waals surface area contributed by atoms with Gasteiger partial charge in [0.05, 0.1) is 0 Å². The van der Waals surface area contributed by atoms with Crippen LogP contribution in [0.3, 0.4) is 0 Å². The topological polar surface area (TPSA) is 16.8 Å². The Morgan fingerprint density at radius 3 is 2.30 bits per heavy atom. The van der Waals surface area contributed by atoms with Crippen molar-refractivity contribution >= 4 is 0 Å². The number of hydrogen-bond acceptors (Lipinski definition) is 1. The molecule has 1 saturated carbocycles. The molecule has 2 nitrogen and oxygen atoms in total. The van der Waals surface area contributed by atoms with Crippen molar-refractivity contribution in [2.75, 3.05) is 0 Å². The molecule has 0 atom stereocenters. The Bertz CT molecular complexity index is 611. The van der Waals surface area contributed by atoms with Crippen LogP contribution in [0, 0.1) is 20.8 Å². The van der Waals surface area contributed by atoms with Crippen molar-refractivity contribution in [1.29, 1.82) is 0 Å². The third kappa shape index (κ3) is 2.24.